The summed E-state index contributed by atoms with van der Waals surface area (Å²) in [5.41, 5.74) is 1.75. The number of carbonyl (C=O) groups is 1. The summed E-state index contributed by atoms with van der Waals surface area (Å²) < 4.78 is 1.46. The predicted molar refractivity (Wildman–Crippen MR) is 111 cm³/mol. The van der Waals surface area contributed by atoms with Gasteiger partial charge < -0.3 is 4.90 Å². The molecule has 0 saturated carbocycles. The van der Waals surface area contributed by atoms with Crippen molar-refractivity contribution in [3.8, 4) is 0 Å². The molecule has 1 fully saturated rings. The molecule has 1 aromatic heterocycles. The lowest BCUT2D eigenvalue weighted by molar-refractivity contribution is -0.386. The molecule has 3 rings (SSSR count). The first-order valence-corrected chi connectivity index (χ1v) is 10.1. The van der Waals surface area contributed by atoms with Crippen LogP contribution in [-0.4, -0.2) is 56.6 Å². The van der Waals surface area contributed by atoms with Gasteiger partial charge in [0.2, 0.25) is 5.91 Å². The van der Waals surface area contributed by atoms with Crippen molar-refractivity contribution in [1.29, 1.82) is 0 Å². The fourth-order valence-electron chi connectivity index (χ4n) is 3.69. The van der Waals surface area contributed by atoms with Gasteiger partial charge in [-0.05, 0) is 38.5 Å². The highest BCUT2D eigenvalue weighted by Gasteiger charge is 2.30. The van der Waals surface area contributed by atoms with Gasteiger partial charge in [-0.1, -0.05) is 29.3 Å². The maximum Gasteiger partial charge on any atom is 0.312 e. The van der Waals surface area contributed by atoms with E-state index in [-0.39, 0.29) is 11.6 Å². The summed E-state index contributed by atoms with van der Waals surface area (Å²) in [4.78, 5) is 27.7. The molecule has 1 saturated heterocycles. The van der Waals surface area contributed by atoms with Crippen LogP contribution in [0, 0.1) is 24.0 Å². The highest BCUT2D eigenvalue weighted by molar-refractivity contribution is 6.42. The second kappa shape index (κ2) is 8.69. The largest absolute Gasteiger partial charge is 0.338 e. The number of halogens is 2. The molecule has 0 N–H and O–H groups in total. The van der Waals surface area contributed by atoms with Gasteiger partial charge in [0.15, 0.2) is 0 Å². The van der Waals surface area contributed by atoms with Crippen LogP contribution in [0.25, 0.3) is 0 Å². The summed E-state index contributed by atoms with van der Waals surface area (Å²) in [5.74, 6) is -0.0836. The zero-order valence-corrected chi connectivity index (χ0v) is 18.1. The van der Waals surface area contributed by atoms with Crippen LogP contribution < -0.4 is 0 Å². The van der Waals surface area contributed by atoms with Crippen molar-refractivity contribution in [2.24, 2.45) is 0 Å². The molecule has 1 atom stereocenters. The van der Waals surface area contributed by atoms with E-state index in [0.717, 1.165) is 25.2 Å². The Morgan fingerprint density at radius 1 is 1.21 bits per heavy atom. The molecule has 2 aromatic rings. The Morgan fingerprint density at radius 3 is 2.41 bits per heavy atom. The molecular formula is C19H23Cl2N5O3. The predicted octanol–water partition coefficient (Wildman–Crippen LogP) is 3.62. The van der Waals surface area contributed by atoms with E-state index in [4.69, 9.17) is 23.2 Å². The molecule has 0 aliphatic carbocycles. The third kappa shape index (κ3) is 4.55. The number of nitrogens with zero attached hydrogens (tertiary/aromatic N) is 5. The van der Waals surface area contributed by atoms with Gasteiger partial charge in [-0.25, -0.2) is 0 Å². The molecule has 0 radical (unpaired) electrons. The van der Waals surface area contributed by atoms with Crippen molar-refractivity contribution in [1.82, 2.24) is 19.6 Å². The monoisotopic (exact) mass is 439 g/mol. The molecule has 29 heavy (non-hydrogen) atoms. The molecule has 8 nitrogen and oxygen atoms in total. The summed E-state index contributed by atoms with van der Waals surface area (Å²) in [7, 11) is 0. The van der Waals surface area contributed by atoms with Crippen molar-refractivity contribution in [3.63, 3.8) is 0 Å². The van der Waals surface area contributed by atoms with Crippen molar-refractivity contribution in [2.75, 3.05) is 26.2 Å². The first kappa shape index (κ1) is 21.5. The summed E-state index contributed by atoms with van der Waals surface area (Å²) in [6.07, 6.45) is 0. The third-order valence-electron chi connectivity index (χ3n) is 5.27. The Balaban J connectivity index is 1.62. The maximum absolute atomic E-state index is 12.9. The second-order valence-electron chi connectivity index (χ2n) is 7.25. The maximum atomic E-state index is 12.9. The van der Waals surface area contributed by atoms with Gasteiger partial charge in [0.1, 0.15) is 17.4 Å². The van der Waals surface area contributed by atoms with Crippen LogP contribution in [0.3, 0.4) is 0 Å². The van der Waals surface area contributed by atoms with E-state index in [1.807, 2.05) is 12.1 Å². The Kier molecular flexibility index (Phi) is 6.45. The van der Waals surface area contributed by atoms with Crippen LogP contribution in [0.2, 0.25) is 10.0 Å². The number of amides is 1. The number of nitro groups is 1. The Morgan fingerprint density at radius 2 is 1.86 bits per heavy atom. The Labute approximate surface area is 179 Å². The first-order chi connectivity index (χ1) is 13.7. The SMILES string of the molecule is Cc1nn(C(C)C(=O)N2CCN(Cc3ccc(Cl)c(Cl)c3)CC2)c(C)c1[N+](=O)[O-]. The van der Waals surface area contributed by atoms with E-state index in [0.29, 0.717) is 34.5 Å². The van der Waals surface area contributed by atoms with Gasteiger partial charge in [-0.2, -0.15) is 5.10 Å². The summed E-state index contributed by atoms with van der Waals surface area (Å²) in [6, 6.07) is 5.00. The van der Waals surface area contributed by atoms with Gasteiger partial charge in [0, 0.05) is 32.7 Å². The molecule has 1 amide bonds. The quantitative estimate of drug-likeness (QED) is 0.524. The number of piperazine rings is 1. The molecule has 10 heteroatoms. The van der Waals surface area contributed by atoms with Gasteiger partial charge in [0.05, 0.1) is 15.0 Å². The molecule has 1 unspecified atom stereocenters. The number of aromatic nitrogens is 2. The summed E-state index contributed by atoms with van der Waals surface area (Å²) >= 11 is 12.0. The number of benzene rings is 1. The van der Waals surface area contributed by atoms with E-state index in [2.05, 4.69) is 10.00 Å². The number of carbonyl (C=O) groups excluding carboxylic acids is 1. The van der Waals surface area contributed by atoms with Crippen LogP contribution in [0.4, 0.5) is 5.69 Å². The van der Waals surface area contributed by atoms with Crippen molar-refractivity contribution >= 4 is 34.8 Å². The summed E-state index contributed by atoms with van der Waals surface area (Å²) in [6.45, 7) is 8.31. The molecule has 156 valence electrons. The minimum atomic E-state index is -0.593. The van der Waals surface area contributed by atoms with Gasteiger partial charge in [0.25, 0.3) is 0 Å². The zero-order chi connectivity index (χ0) is 21.3. The average molecular weight is 440 g/mol. The van der Waals surface area contributed by atoms with Gasteiger partial charge in [-0.3, -0.25) is 24.5 Å². The molecule has 0 bridgehead atoms. The lowest BCUT2D eigenvalue weighted by Crippen LogP contribution is -2.50. The lowest BCUT2D eigenvalue weighted by atomic mass is 10.2. The van der Waals surface area contributed by atoms with E-state index < -0.39 is 11.0 Å². The van der Waals surface area contributed by atoms with Crippen LogP contribution >= 0.6 is 23.2 Å². The standard InChI is InChI=1S/C19H23Cl2N5O3/c1-12-18(26(28)29)13(2)25(22-12)14(3)19(27)24-8-6-23(7-9-24)11-15-4-5-16(20)17(21)10-15/h4-5,10,14H,6-9,11H2,1-3H3. The normalized spacial score (nSPS) is 16.1. The molecule has 0 spiro atoms. The number of hydrogen-bond acceptors (Lipinski definition) is 5. The fraction of sp³-hybridized carbons (Fsp3) is 0.474. The Hall–Kier alpha value is -2.16. The minimum Gasteiger partial charge on any atom is -0.338 e. The highest BCUT2D eigenvalue weighted by atomic mass is 35.5. The first-order valence-electron chi connectivity index (χ1n) is 9.34. The van der Waals surface area contributed by atoms with Crippen LogP contribution in [0.1, 0.15) is 29.9 Å². The number of aryl methyl sites for hydroxylation is 1. The van der Waals surface area contributed by atoms with E-state index in [1.54, 1.807) is 31.7 Å². The van der Waals surface area contributed by atoms with E-state index in [1.165, 1.54) is 4.68 Å². The van der Waals surface area contributed by atoms with E-state index >= 15 is 0 Å². The van der Waals surface area contributed by atoms with Gasteiger partial charge >= 0.3 is 5.69 Å². The molecular weight excluding hydrogens is 417 g/mol. The van der Waals surface area contributed by atoms with Crippen molar-refractivity contribution < 1.29 is 9.72 Å². The number of rotatable bonds is 5. The van der Waals surface area contributed by atoms with E-state index in [9.17, 15) is 14.9 Å². The number of hydrogen-bond donors (Lipinski definition) is 0. The fourth-order valence-corrected chi connectivity index (χ4v) is 4.01. The minimum absolute atomic E-state index is 0.0314. The molecule has 2 heterocycles. The van der Waals surface area contributed by atoms with Crippen molar-refractivity contribution in [3.05, 3.63) is 55.3 Å². The molecule has 1 aliphatic heterocycles. The van der Waals surface area contributed by atoms with Crippen molar-refractivity contribution in [2.45, 2.75) is 33.4 Å². The molecule has 1 aromatic carbocycles. The van der Waals surface area contributed by atoms with Gasteiger partial charge in [-0.15, -0.1) is 0 Å². The molecule has 1 aliphatic rings. The highest BCUT2D eigenvalue weighted by Crippen LogP contribution is 2.26. The lowest BCUT2D eigenvalue weighted by Gasteiger charge is -2.36. The topological polar surface area (TPSA) is 84.5 Å². The smallest absolute Gasteiger partial charge is 0.312 e. The van der Waals surface area contributed by atoms with Crippen LogP contribution in [-0.2, 0) is 11.3 Å². The second-order valence-corrected chi connectivity index (χ2v) is 8.06. The van der Waals surface area contributed by atoms with Crippen LogP contribution in [0.15, 0.2) is 18.2 Å². The van der Waals surface area contributed by atoms with Crippen LogP contribution in [0.5, 0.6) is 0 Å². The Bertz CT molecular complexity index is 938. The average Bonchev–Trinajstić information content (AvgIpc) is 2.98. The summed E-state index contributed by atoms with van der Waals surface area (Å²) in [5, 5.41) is 16.5. The third-order valence-corrected chi connectivity index (χ3v) is 6.01. The zero-order valence-electron chi connectivity index (χ0n) is 16.6.